The van der Waals surface area contributed by atoms with Crippen LogP contribution < -0.4 is 0 Å². The maximum absolute atomic E-state index is 13.5. The Kier molecular flexibility index (Phi) is 6.33. The summed E-state index contributed by atoms with van der Waals surface area (Å²) in [6.07, 6.45) is 2.55. The van der Waals surface area contributed by atoms with Gasteiger partial charge in [0, 0.05) is 18.4 Å². The van der Waals surface area contributed by atoms with E-state index in [1.165, 1.54) is 6.92 Å². The molecule has 6 atom stereocenters. The van der Waals surface area contributed by atoms with Crippen molar-refractivity contribution in [3.63, 3.8) is 0 Å². The van der Waals surface area contributed by atoms with Crippen molar-refractivity contribution in [1.29, 1.82) is 0 Å². The van der Waals surface area contributed by atoms with Crippen LogP contribution in [0.25, 0.3) is 0 Å². The molecule has 2 aliphatic rings. The molecule has 0 saturated heterocycles. The molecule has 0 aliphatic heterocycles. The first-order valence-electron chi connectivity index (χ1n) is 9.73. The van der Waals surface area contributed by atoms with Gasteiger partial charge in [-0.25, -0.2) is 4.79 Å². The first-order valence-corrected chi connectivity index (χ1v) is 9.73. The lowest BCUT2D eigenvalue weighted by molar-refractivity contribution is -0.183. The van der Waals surface area contributed by atoms with E-state index in [1.54, 1.807) is 19.9 Å². The second kappa shape index (κ2) is 7.99. The normalized spacial score (nSPS) is 36.6. The highest BCUT2D eigenvalue weighted by molar-refractivity contribution is 5.94. The molecule has 2 aliphatic carbocycles. The zero-order valence-corrected chi connectivity index (χ0v) is 17.3. The Hall–Kier alpha value is -1.91. The molecule has 0 amide bonds. The molecule has 150 valence electrons. The maximum atomic E-state index is 13.5. The summed E-state index contributed by atoms with van der Waals surface area (Å²) in [4.78, 5) is 37.5. The monoisotopic (exact) mass is 376 g/mol. The molecule has 0 aromatic carbocycles. The lowest BCUT2D eigenvalue weighted by Crippen LogP contribution is -2.60. The second-order valence-electron chi connectivity index (χ2n) is 8.47. The minimum Gasteiger partial charge on any atom is -0.462 e. The van der Waals surface area contributed by atoms with Gasteiger partial charge in [-0.1, -0.05) is 32.1 Å². The summed E-state index contributed by atoms with van der Waals surface area (Å²) in [6, 6.07) is 0. The van der Waals surface area contributed by atoms with Gasteiger partial charge in [-0.3, -0.25) is 9.59 Å². The Morgan fingerprint density at radius 2 is 1.81 bits per heavy atom. The van der Waals surface area contributed by atoms with Crippen LogP contribution in [0.1, 0.15) is 60.8 Å². The molecule has 0 bridgehead atoms. The quantitative estimate of drug-likeness (QED) is 0.421. The van der Waals surface area contributed by atoms with Crippen LogP contribution in [-0.4, -0.2) is 29.9 Å². The SMILES string of the molecule is C=C(C)C1CC2(C)C(C)CCC(OC(C)=O)C2C(=O)C1OC(=O)C(C)=CC. The fourth-order valence-corrected chi connectivity index (χ4v) is 4.67. The number of ether oxygens (including phenoxy) is 2. The second-order valence-corrected chi connectivity index (χ2v) is 8.47. The van der Waals surface area contributed by atoms with Gasteiger partial charge in [-0.2, -0.15) is 0 Å². The lowest BCUT2D eigenvalue weighted by Gasteiger charge is -2.54. The molecule has 27 heavy (non-hydrogen) atoms. The van der Waals surface area contributed by atoms with Crippen LogP contribution in [0.3, 0.4) is 0 Å². The Bertz CT molecular complexity index is 676. The molecule has 0 spiro atoms. The van der Waals surface area contributed by atoms with E-state index >= 15 is 0 Å². The summed E-state index contributed by atoms with van der Waals surface area (Å²) in [5, 5.41) is 0. The topological polar surface area (TPSA) is 69.7 Å². The summed E-state index contributed by atoms with van der Waals surface area (Å²) >= 11 is 0. The van der Waals surface area contributed by atoms with Gasteiger partial charge >= 0.3 is 11.9 Å². The minimum atomic E-state index is -0.883. The summed E-state index contributed by atoms with van der Waals surface area (Å²) in [6.45, 7) is 15.0. The fourth-order valence-electron chi connectivity index (χ4n) is 4.67. The third-order valence-corrected chi connectivity index (χ3v) is 6.64. The molecule has 0 heterocycles. The smallest absolute Gasteiger partial charge is 0.334 e. The first kappa shape index (κ1) is 21.4. The van der Waals surface area contributed by atoms with Gasteiger partial charge in [0.25, 0.3) is 0 Å². The Morgan fingerprint density at radius 3 is 2.33 bits per heavy atom. The molecule has 5 nitrogen and oxygen atoms in total. The molecule has 0 aromatic rings. The van der Waals surface area contributed by atoms with Crippen molar-refractivity contribution in [3.8, 4) is 0 Å². The molecular weight excluding hydrogens is 344 g/mol. The highest BCUT2D eigenvalue weighted by Crippen LogP contribution is 2.55. The van der Waals surface area contributed by atoms with Crippen LogP contribution in [0, 0.1) is 23.2 Å². The van der Waals surface area contributed by atoms with Crippen LogP contribution in [-0.2, 0) is 23.9 Å². The van der Waals surface area contributed by atoms with E-state index < -0.39 is 24.1 Å². The van der Waals surface area contributed by atoms with E-state index in [0.717, 1.165) is 12.0 Å². The van der Waals surface area contributed by atoms with Crippen molar-refractivity contribution in [2.75, 3.05) is 0 Å². The van der Waals surface area contributed by atoms with Crippen molar-refractivity contribution < 1.29 is 23.9 Å². The van der Waals surface area contributed by atoms with Crippen molar-refractivity contribution in [2.45, 2.75) is 73.0 Å². The lowest BCUT2D eigenvalue weighted by atomic mass is 9.51. The molecule has 0 radical (unpaired) electrons. The Labute approximate surface area is 162 Å². The largest absolute Gasteiger partial charge is 0.462 e. The Balaban J connectivity index is 2.44. The predicted molar refractivity (Wildman–Crippen MR) is 103 cm³/mol. The average molecular weight is 376 g/mol. The number of Topliss-reactive ketones (excluding diaryl/α,β-unsaturated/α-hetero) is 1. The molecule has 2 rings (SSSR count). The molecule has 0 aromatic heterocycles. The van der Waals surface area contributed by atoms with E-state index in [2.05, 4.69) is 20.4 Å². The highest BCUT2D eigenvalue weighted by atomic mass is 16.6. The van der Waals surface area contributed by atoms with Gasteiger partial charge in [-0.15, -0.1) is 0 Å². The maximum Gasteiger partial charge on any atom is 0.334 e. The molecule has 0 N–H and O–H groups in total. The van der Waals surface area contributed by atoms with Crippen LogP contribution in [0.2, 0.25) is 0 Å². The molecule has 5 heteroatoms. The van der Waals surface area contributed by atoms with E-state index in [0.29, 0.717) is 24.3 Å². The summed E-state index contributed by atoms with van der Waals surface area (Å²) < 4.78 is 11.2. The number of carbonyl (C=O) groups excluding carboxylic acids is 3. The van der Waals surface area contributed by atoms with Gasteiger partial charge < -0.3 is 9.47 Å². The number of hydrogen-bond donors (Lipinski definition) is 0. The minimum absolute atomic E-state index is 0.146. The van der Waals surface area contributed by atoms with Crippen LogP contribution in [0.15, 0.2) is 23.8 Å². The number of fused-ring (bicyclic) bond motifs is 1. The number of ketones is 1. The van der Waals surface area contributed by atoms with Crippen molar-refractivity contribution in [2.24, 2.45) is 23.2 Å². The number of hydrogen-bond acceptors (Lipinski definition) is 5. The van der Waals surface area contributed by atoms with Gasteiger partial charge in [0.2, 0.25) is 0 Å². The van der Waals surface area contributed by atoms with E-state index in [4.69, 9.17) is 9.47 Å². The van der Waals surface area contributed by atoms with Crippen molar-refractivity contribution in [1.82, 2.24) is 0 Å². The number of rotatable bonds is 4. The van der Waals surface area contributed by atoms with Crippen LogP contribution >= 0.6 is 0 Å². The average Bonchev–Trinajstić information content (AvgIpc) is 2.58. The van der Waals surface area contributed by atoms with Crippen LogP contribution in [0.4, 0.5) is 0 Å². The standard InChI is InChI=1S/C22H32O5/c1-8-13(4)21(25)27-20-16(12(2)3)11-22(7)14(5)9-10-17(26-15(6)23)18(22)19(20)24/h8,14,16-18,20H,2,9-11H2,1,3-7H3. The van der Waals surface area contributed by atoms with E-state index in [9.17, 15) is 14.4 Å². The van der Waals surface area contributed by atoms with Gasteiger partial charge in [-0.05, 0) is 51.4 Å². The Morgan fingerprint density at radius 1 is 1.19 bits per heavy atom. The van der Waals surface area contributed by atoms with Crippen molar-refractivity contribution in [3.05, 3.63) is 23.8 Å². The summed E-state index contributed by atoms with van der Waals surface area (Å²) in [5.74, 6) is -1.42. The molecule has 2 fully saturated rings. The molecule has 2 saturated carbocycles. The zero-order chi connectivity index (χ0) is 20.5. The number of esters is 2. The fraction of sp³-hybridized carbons (Fsp3) is 0.682. The molecule has 6 unspecified atom stereocenters. The summed E-state index contributed by atoms with van der Waals surface area (Å²) in [5.41, 5.74) is 0.975. The highest BCUT2D eigenvalue weighted by Gasteiger charge is 2.59. The third kappa shape index (κ3) is 4.02. The predicted octanol–water partition coefficient (Wildman–Crippen LogP) is 4.01. The summed E-state index contributed by atoms with van der Waals surface area (Å²) in [7, 11) is 0. The number of allylic oxidation sites excluding steroid dienone is 1. The number of carbonyl (C=O) groups is 3. The molecular formula is C22H32O5. The van der Waals surface area contributed by atoms with Crippen molar-refractivity contribution >= 4 is 17.7 Å². The van der Waals surface area contributed by atoms with Gasteiger partial charge in [0.15, 0.2) is 11.9 Å². The van der Waals surface area contributed by atoms with E-state index in [1.807, 2.05) is 6.92 Å². The van der Waals surface area contributed by atoms with Crippen LogP contribution in [0.5, 0.6) is 0 Å². The van der Waals surface area contributed by atoms with E-state index in [-0.39, 0.29) is 23.1 Å². The van der Waals surface area contributed by atoms with Gasteiger partial charge in [0.1, 0.15) is 6.10 Å². The third-order valence-electron chi connectivity index (χ3n) is 6.64. The zero-order valence-electron chi connectivity index (χ0n) is 17.3. The first-order chi connectivity index (χ1) is 12.5. The van der Waals surface area contributed by atoms with Gasteiger partial charge in [0.05, 0.1) is 5.92 Å².